The highest BCUT2D eigenvalue weighted by atomic mass is 32.2. The van der Waals surface area contributed by atoms with E-state index in [0.29, 0.717) is 0 Å². The number of hydrogen-bond donors (Lipinski definition) is 0. The van der Waals surface area contributed by atoms with Crippen LogP contribution in [0, 0.1) is 0 Å². The zero-order valence-electron chi connectivity index (χ0n) is 9.77. The number of aryl methyl sites for hydroxylation is 1. The van der Waals surface area contributed by atoms with Crippen molar-refractivity contribution in [2.75, 3.05) is 0 Å². The SMILES string of the molecule is CCC.CCc1cccc(SC(F)(F)F)c1. The fourth-order valence-electron chi connectivity index (χ4n) is 0.963. The largest absolute Gasteiger partial charge is 0.446 e. The van der Waals surface area contributed by atoms with Gasteiger partial charge in [0.25, 0.3) is 0 Å². The molecule has 1 rings (SSSR count). The average molecular weight is 250 g/mol. The Kier molecular flexibility index (Phi) is 7.30. The van der Waals surface area contributed by atoms with Crippen molar-refractivity contribution in [2.24, 2.45) is 0 Å². The Morgan fingerprint density at radius 3 is 2.12 bits per heavy atom. The van der Waals surface area contributed by atoms with Crippen LogP contribution in [-0.2, 0) is 6.42 Å². The maximum Gasteiger partial charge on any atom is 0.446 e. The molecule has 0 aliphatic rings. The Bertz CT molecular complexity index is 295. The minimum Gasteiger partial charge on any atom is -0.160 e. The summed E-state index contributed by atoms with van der Waals surface area (Å²) in [7, 11) is 0. The molecule has 0 unspecified atom stereocenters. The Balaban J connectivity index is 0.000000673. The third-order valence-corrected chi connectivity index (χ3v) is 2.26. The van der Waals surface area contributed by atoms with E-state index >= 15 is 0 Å². The molecule has 0 nitrogen and oxygen atoms in total. The molecular weight excluding hydrogens is 233 g/mol. The number of thioether (sulfide) groups is 1. The number of benzene rings is 1. The molecule has 0 atom stereocenters. The van der Waals surface area contributed by atoms with Crippen molar-refractivity contribution in [1.29, 1.82) is 0 Å². The number of rotatable bonds is 2. The molecule has 0 aliphatic carbocycles. The zero-order valence-corrected chi connectivity index (χ0v) is 10.6. The predicted octanol–water partition coefficient (Wildman–Crippen LogP) is 5.28. The molecule has 1 aromatic carbocycles. The van der Waals surface area contributed by atoms with E-state index in [0.717, 1.165) is 12.0 Å². The molecule has 0 spiro atoms. The minimum absolute atomic E-state index is 0.0697. The van der Waals surface area contributed by atoms with Crippen LogP contribution in [0.3, 0.4) is 0 Å². The third-order valence-electron chi connectivity index (χ3n) is 1.54. The van der Waals surface area contributed by atoms with Crippen LogP contribution in [0.25, 0.3) is 0 Å². The fraction of sp³-hybridized carbons (Fsp3) is 0.500. The number of halogens is 3. The molecule has 0 N–H and O–H groups in total. The van der Waals surface area contributed by atoms with Crippen LogP contribution in [0.5, 0.6) is 0 Å². The summed E-state index contributed by atoms with van der Waals surface area (Å²) in [5, 5.41) is 0. The molecule has 0 aliphatic heterocycles. The van der Waals surface area contributed by atoms with Crippen LogP contribution >= 0.6 is 11.8 Å². The molecule has 0 amide bonds. The lowest BCUT2D eigenvalue weighted by Crippen LogP contribution is -1.99. The summed E-state index contributed by atoms with van der Waals surface area (Å²) in [5.41, 5.74) is -3.26. The van der Waals surface area contributed by atoms with Crippen molar-refractivity contribution in [2.45, 2.75) is 44.0 Å². The van der Waals surface area contributed by atoms with Crippen LogP contribution in [-0.4, -0.2) is 5.51 Å². The normalized spacial score (nSPS) is 10.6. The van der Waals surface area contributed by atoms with Crippen LogP contribution in [0.1, 0.15) is 32.8 Å². The van der Waals surface area contributed by atoms with E-state index in [-0.39, 0.29) is 16.7 Å². The first-order valence-electron chi connectivity index (χ1n) is 5.27. The summed E-state index contributed by atoms with van der Waals surface area (Å²) in [5.74, 6) is 0. The van der Waals surface area contributed by atoms with Gasteiger partial charge >= 0.3 is 5.51 Å². The summed E-state index contributed by atoms with van der Waals surface area (Å²) in [6, 6.07) is 6.50. The summed E-state index contributed by atoms with van der Waals surface area (Å²) in [4.78, 5) is 0.256. The highest BCUT2D eigenvalue weighted by molar-refractivity contribution is 8.00. The van der Waals surface area contributed by atoms with Crippen LogP contribution in [0.4, 0.5) is 13.2 Å². The molecule has 4 heteroatoms. The lowest BCUT2D eigenvalue weighted by atomic mass is 10.2. The van der Waals surface area contributed by atoms with Gasteiger partial charge in [-0.05, 0) is 35.9 Å². The lowest BCUT2D eigenvalue weighted by Gasteiger charge is -2.06. The van der Waals surface area contributed by atoms with Crippen molar-refractivity contribution in [3.63, 3.8) is 0 Å². The molecule has 0 saturated heterocycles. The molecule has 0 fully saturated rings. The molecule has 0 radical (unpaired) electrons. The second kappa shape index (κ2) is 7.60. The second-order valence-corrected chi connectivity index (χ2v) is 4.39. The number of hydrogen-bond acceptors (Lipinski definition) is 1. The maximum atomic E-state index is 11.9. The van der Waals surface area contributed by atoms with Crippen molar-refractivity contribution in [3.05, 3.63) is 29.8 Å². The first kappa shape index (κ1) is 15.4. The molecule has 16 heavy (non-hydrogen) atoms. The van der Waals surface area contributed by atoms with E-state index in [1.165, 1.54) is 12.5 Å². The molecule has 0 bridgehead atoms. The van der Waals surface area contributed by atoms with Gasteiger partial charge in [0, 0.05) is 4.90 Å². The summed E-state index contributed by atoms with van der Waals surface area (Å²) in [6.07, 6.45) is 2.01. The second-order valence-electron chi connectivity index (χ2n) is 3.26. The van der Waals surface area contributed by atoms with Gasteiger partial charge in [-0.15, -0.1) is 0 Å². The Morgan fingerprint density at radius 1 is 1.12 bits per heavy atom. The van der Waals surface area contributed by atoms with Crippen LogP contribution < -0.4 is 0 Å². The fourth-order valence-corrected chi connectivity index (χ4v) is 1.59. The monoisotopic (exact) mass is 250 g/mol. The zero-order chi connectivity index (χ0) is 12.6. The lowest BCUT2D eigenvalue weighted by molar-refractivity contribution is -0.0328. The molecule has 0 saturated carbocycles. The first-order valence-corrected chi connectivity index (χ1v) is 6.09. The topological polar surface area (TPSA) is 0 Å². The molecular formula is C12H17F3S. The van der Waals surface area contributed by atoms with Gasteiger partial charge in [0.1, 0.15) is 0 Å². The van der Waals surface area contributed by atoms with Crippen molar-refractivity contribution in [3.8, 4) is 0 Å². The van der Waals surface area contributed by atoms with Gasteiger partial charge < -0.3 is 0 Å². The van der Waals surface area contributed by atoms with E-state index in [2.05, 4.69) is 13.8 Å². The summed E-state index contributed by atoms with van der Waals surface area (Å²) < 4.78 is 35.8. The maximum absolute atomic E-state index is 11.9. The molecule has 0 aromatic heterocycles. The van der Waals surface area contributed by atoms with Gasteiger partial charge in [-0.3, -0.25) is 0 Å². The molecule has 92 valence electrons. The van der Waals surface area contributed by atoms with E-state index in [1.807, 2.05) is 13.0 Å². The Labute approximate surface area is 99.2 Å². The average Bonchev–Trinajstić information content (AvgIpc) is 2.16. The molecule has 1 aromatic rings. The third kappa shape index (κ3) is 7.63. The minimum atomic E-state index is -4.19. The van der Waals surface area contributed by atoms with Crippen molar-refractivity contribution in [1.82, 2.24) is 0 Å². The van der Waals surface area contributed by atoms with Crippen molar-refractivity contribution >= 4 is 11.8 Å². The van der Waals surface area contributed by atoms with E-state index < -0.39 is 5.51 Å². The van der Waals surface area contributed by atoms with Crippen LogP contribution in [0.2, 0.25) is 0 Å². The van der Waals surface area contributed by atoms with Gasteiger partial charge in [0.15, 0.2) is 0 Å². The smallest absolute Gasteiger partial charge is 0.160 e. The first-order chi connectivity index (χ1) is 7.42. The standard InChI is InChI=1S/C9H9F3S.C3H8/c1-2-7-4-3-5-8(6-7)13-9(10,11)12;1-3-2/h3-6H,2H2,1H3;3H2,1-2H3. The summed E-state index contributed by atoms with van der Waals surface area (Å²) >= 11 is -0.0697. The van der Waals surface area contributed by atoms with Gasteiger partial charge in [-0.2, -0.15) is 13.2 Å². The number of alkyl halides is 3. The quantitative estimate of drug-likeness (QED) is 0.644. The van der Waals surface area contributed by atoms with Gasteiger partial charge in [-0.25, -0.2) is 0 Å². The van der Waals surface area contributed by atoms with Crippen LogP contribution in [0.15, 0.2) is 29.2 Å². The van der Waals surface area contributed by atoms with Crippen molar-refractivity contribution < 1.29 is 13.2 Å². The van der Waals surface area contributed by atoms with Gasteiger partial charge in [0.2, 0.25) is 0 Å². The van der Waals surface area contributed by atoms with Gasteiger partial charge in [0.05, 0.1) is 0 Å². The highest BCUT2D eigenvalue weighted by Crippen LogP contribution is 2.36. The van der Waals surface area contributed by atoms with E-state index in [1.54, 1.807) is 12.1 Å². The highest BCUT2D eigenvalue weighted by Gasteiger charge is 2.28. The van der Waals surface area contributed by atoms with E-state index in [9.17, 15) is 13.2 Å². The Morgan fingerprint density at radius 2 is 1.69 bits per heavy atom. The van der Waals surface area contributed by atoms with Gasteiger partial charge in [-0.1, -0.05) is 39.3 Å². The van der Waals surface area contributed by atoms with E-state index in [4.69, 9.17) is 0 Å². The molecule has 0 heterocycles. The summed E-state index contributed by atoms with van der Waals surface area (Å²) in [6.45, 7) is 6.16. The predicted molar refractivity (Wildman–Crippen MR) is 63.7 cm³/mol. The Hall–Kier alpha value is -0.640.